The number of ether oxygens (including phenoxy) is 1. The number of hydrogen-bond donors (Lipinski definition) is 0. The molecule has 0 atom stereocenters. The quantitative estimate of drug-likeness (QED) is 0.811. The van der Waals surface area contributed by atoms with Crippen LogP contribution in [0.25, 0.3) is 0 Å². The lowest BCUT2D eigenvalue weighted by Gasteiger charge is -2.25. The lowest BCUT2D eigenvalue weighted by Crippen LogP contribution is -2.30. The predicted octanol–water partition coefficient (Wildman–Crippen LogP) is 3.46. The van der Waals surface area contributed by atoms with E-state index in [-0.39, 0.29) is 0 Å². The first kappa shape index (κ1) is 15.0. The summed E-state index contributed by atoms with van der Waals surface area (Å²) < 4.78 is 5.22. The Morgan fingerprint density at radius 1 is 0.955 bits per heavy atom. The van der Waals surface area contributed by atoms with Crippen molar-refractivity contribution in [2.24, 2.45) is 0 Å². The lowest BCUT2D eigenvalue weighted by molar-refractivity contribution is 0.415. The van der Waals surface area contributed by atoms with Crippen LogP contribution in [0.5, 0.6) is 5.75 Å². The Morgan fingerprint density at radius 3 is 2.27 bits per heavy atom. The van der Waals surface area contributed by atoms with Crippen LogP contribution in [0.1, 0.15) is 6.42 Å². The van der Waals surface area contributed by atoms with Crippen molar-refractivity contribution in [3.05, 3.63) is 47.7 Å². The maximum Gasteiger partial charge on any atom is 0.131 e. The molecule has 2 aromatic rings. The van der Waals surface area contributed by atoms with Crippen LogP contribution in [0.3, 0.4) is 0 Å². The fourth-order valence-corrected chi connectivity index (χ4v) is 2.98. The molecule has 4 nitrogen and oxygen atoms in total. The van der Waals surface area contributed by atoms with E-state index in [0.29, 0.717) is 5.15 Å². The molecule has 0 N–H and O–H groups in total. The molecule has 1 aliphatic rings. The molecule has 1 aromatic carbocycles. The molecule has 3 rings (SSSR count). The molecular formula is C17H20ClN3O. The van der Waals surface area contributed by atoms with E-state index in [2.05, 4.69) is 26.9 Å². The first-order chi connectivity index (χ1) is 10.8. The smallest absolute Gasteiger partial charge is 0.131 e. The van der Waals surface area contributed by atoms with Crippen molar-refractivity contribution in [3.63, 3.8) is 0 Å². The van der Waals surface area contributed by atoms with Gasteiger partial charge in [0.1, 0.15) is 10.9 Å². The molecule has 2 heterocycles. The highest BCUT2D eigenvalue weighted by Gasteiger charge is 2.16. The van der Waals surface area contributed by atoms with Crippen LogP contribution < -0.4 is 14.5 Å². The van der Waals surface area contributed by atoms with Crippen LogP contribution in [-0.2, 0) is 0 Å². The maximum atomic E-state index is 6.00. The highest BCUT2D eigenvalue weighted by atomic mass is 35.5. The van der Waals surface area contributed by atoms with Crippen molar-refractivity contribution in [1.29, 1.82) is 0 Å². The molecule has 0 amide bonds. The summed E-state index contributed by atoms with van der Waals surface area (Å²) in [5.74, 6) is 0.895. The third kappa shape index (κ3) is 3.45. The minimum Gasteiger partial charge on any atom is -0.497 e. The summed E-state index contributed by atoms with van der Waals surface area (Å²) in [7, 11) is 1.69. The lowest BCUT2D eigenvalue weighted by atomic mass is 10.2. The van der Waals surface area contributed by atoms with Crippen LogP contribution >= 0.6 is 11.6 Å². The van der Waals surface area contributed by atoms with Gasteiger partial charge in [-0.1, -0.05) is 11.6 Å². The van der Waals surface area contributed by atoms with Gasteiger partial charge in [0.2, 0.25) is 0 Å². The van der Waals surface area contributed by atoms with E-state index in [0.717, 1.165) is 44.0 Å². The molecule has 5 heteroatoms. The van der Waals surface area contributed by atoms with Gasteiger partial charge < -0.3 is 14.5 Å². The molecule has 22 heavy (non-hydrogen) atoms. The van der Waals surface area contributed by atoms with Gasteiger partial charge in [-0.2, -0.15) is 0 Å². The molecule has 116 valence electrons. The van der Waals surface area contributed by atoms with E-state index in [1.165, 1.54) is 5.69 Å². The van der Waals surface area contributed by atoms with E-state index in [4.69, 9.17) is 16.3 Å². The highest BCUT2D eigenvalue weighted by molar-refractivity contribution is 6.29. The summed E-state index contributed by atoms with van der Waals surface area (Å²) in [5.41, 5.74) is 2.40. The Kier molecular flexibility index (Phi) is 4.68. The Hall–Kier alpha value is -1.94. The van der Waals surface area contributed by atoms with Crippen molar-refractivity contribution in [2.75, 3.05) is 43.1 Å². The van der Waals surface area contributed by atoms with E-state index >= 15 is 0 Å². The Labute approximate surface area is 136 Å². The second-order valence-corrected chi connectivity index (χ2v) is 5.75. The minimum atomic E-state index is 0.550. The number of aromatic nitrogens is 1. The zero-order chi connectivity index (χ0) is 15.4. The second-order valence-electron chi connectivity index (χ2n) is 5.36. The molecule has 0 spiro atoms. The van der Waals surface area contributed by atoms with Crippen molar-refractivity contribution < 1.29 is 4.74 Å². The largest absolute Gasteiger partial charge is 0.497 e. The zero-order valence-electron chi connectivity index (χ0n) is 12.7. The third-order valence-corrected chi connectivity index (χ3v) is 4.22. The number of anilines is 2. The van der Waals surface area contributed by atoms with Crippen LogP contribution in [0.4, 0.5) is 11.4 Å². The van der Waals surface area contributed by atoms with Crippen molar-refractivity contribution >= 4 is 23.0 Å². The standard InChI is InChI=1S/C17H20ClN3O/c1-22-16-5-3-14(4-6-16)20-9-2-10-21(12-11-20)15-7-8-19-17(18)13-15/h3-8,13H,2,9-12H2,1H3. The van der Waals surface area contributed by atoms with E-state index in [1.807, 2.05) is 24.3 Å². The predicted molar refractivity (Wildman–Crippen MR) is 91.3 cm³/mol. The minimum absolute atomic E-state index is 0.550. The van der Waals surface area contributed by atoms with Gasteiger partial charge in [0.25, 0.3) is 0 Å². The van der Waals surface area contributed by atoms with E-state index in [1.54, 1.807) is 13.3 Å². The number of rotatable bonds is 3. The summed E-state index contributed by atoms with van der Waals surface area (Å²) in [6.07, 6.45) is 2.88. The molecule has 0 aliphatic carbocycles. The molecular weight excluding hydrogens is 298 g/mol. The third-order valence-electron chi connectivity index (χ3n) is 4.01. The maximum absolute atomic E-state index is 6.00. The zero-order valence-corrected chi connectivity index (χ0v) is 13.5. The summed E-state index contributed by atoms with van der Waals surface area (Å²) >= 11 is 6.00. The molecule has 1 aromatic heterocycles. The first-order valence-corrected chi connectivity index (χ1v) is 7.89. The van der Waals surface area contributed by atoms with E-state index < -0.39 is 0 Å². The van der Waals surface area contributed by atoms with Gasteiger partial charge in [-0.3, -0.25) is 0 Å². The van der Waals surface area contributed by atoms with Gasteiger partial charge in [0.15, 0.2) is 0 Å². The fraction of sp³-hybridized carbons (Fsp3) is 0.353. The van der Waals surface area contributed by atoms with Gasteiger partial charge in [-0.15, -0.1) is 0 Å². The van der Waals surface area contributed by atoms with Crippen molar-refractivity contribution in [2.45, 2.75) is 6.42 Å². The number of benzene rings is 1. The Balaban J connectivity index is 1.69. The van der Waals surface area contributed by atoms with E-state index in [9.17, 15) is 0 Å². The topological polar surface area (TPSA) is 28.6 Å². The number of nitrogens with zero attached hydrogens (tertiary/aromatic N) is 3. The second kappa shape index (κ2) is 6.88. The Morgan fingerprint density at radius 2 is 1.64 bits per heavy atom. The monoisotopic (exact) mass is 317 g/mol. The fourth-order valence-electron chi connectivity index (χ4n) is 2.82. The summed E-state index contributed by atoms with van der Waals surface area (Å²) in [5, 5.41) is 0.550. The van der Waals surface area contributed by atoms with Crippen molar-refractivity contribution in [1.82, 2.24) is 4.98 Å². The molecule has 1 aliphatic heterocycles. The summed E-state index contributed by atoms with van der Waals surface area (Å²) in [6, 6.07) is 12.2. The average Bonchev–Trinajstić information content (AvgIpc) is 2.81. The van der Waals surface area contributed by atoms with Crippen LogP contribution in [-0.4, -0.2) is 38.3 Å². The first-order valence-electron chi connectivity index (χ1n) is 7.52. The summed E-state index contributed by atoms with van der Waals surface area (Å²) in [6.45, 7) is 4.06. The normalized spacial score (nSPS) is 15.5. The molecule has 1 fully saturated rings. The van der Waals surface area contributed by atoms with Crippen LogP contribution in [0.15, 0.2) is 42.6 Å². The molecule has 0 saturated carbocycles. The van der Waals surface area contributed by atoms with Gasteiger partial charge in [0.05, 0.1) is 7.11 Å². The molecule has 1 saturated heterocycles. The van der Waals surface area contributed by atoms with Gasteiger partial charge in [-0.25, -0.2) is 4.98 Å². The van der Waals surface area contributed by atoms with Crippen LogP contribution in [0, 0.1) is 0 Å². The Bertz CT molecular complexity index is 618. The van der Waals surface area contributed by atoms with Gasteiger partial charge in [-0.05, 0) is 42.8 Å². The van der Waals surface area contributed by atoms with Crippen molar-refractivity contribution in [3.8, 4) is 5.75 Å². The van der Waals surface area contributed by atoms with Crippen LogP contribution in [0.2, 0.25) is 5.15 Å². The SMILES string of the molecule is COc1ccc(N2CCCN(c3ccnc(Cl)c3)CC2)cc1. The highest BCUT2D eigenvalue weighted by Crippen LogP contribution is 2.23. The summed E-state index contributed by atoms with van der Waals surface area (Å²) in [4.78, 5) is 8.84. The van der Waals surface area contributed by atoms with Gasteiger partial charge >= 0.3 is 0 Å². The molecule has 0 unspecified atom stereocenters. The molecule has 0 bridgehead atoms. The number of halogens is 1. The average molecular weight is 318 g/mol. The number of methoxy groups -OCH3 is 1. The van der Waals surface area contributed by atoms with Gasteiger partial charge in [0, 0.05) is 43.8 Å². The number of hydrogen-bond acceptors (Lipinski definition) is 4. The molecule has 0 radical (unpaired) electrons. The number of pyridine rings is 1.